The highest BCUT2D eigenvalue weighted by molar-refractivity contribution is 9.11. The molecule has 1 aliphatic rings. The van der Waals surface area contributed by atoms with E-state index >= 15 is 0 Å². The van der Waals surface area contributed by atoms with Crippen molar-refractivity contribution in [2.24, 2.45) is 0 Å². The summed E-state index contributed by atoms with van der Waals surface area (Å²) in [4.78, 5) is 53.1. The molecule has 0 unspecified atom stereocenters. The number of hydrogen-bond donors (Lipinski definition) is 2. The Hall–Kier alpha value is -4.16. The van der Waals surface area contributed by atoms with Gasteiger partial charge in [0.05, 0.1) is 23.4 Å². The highest BCUT2D eigenvalue weighted by atomic mass is 79.9. The van der Waals surface area contributed by atoms with Crippen LogP contribution in [0.15, 0.2) is 63.0 Å². The summed E-state index contributed by atoms with van der Waals surface area (Å²) in [5.74, 6) is -1.08. The largest absolute Gasteiger partial charge is 0.490 e. The van der Waals surface area contributed by atoms with Gasteiger partial charge in [0.2, 0.25) is 0 Å². The molecule has 10 nitrogen and oxygen atoms in total. The van der Waals surface area contributed by atoms with Gasteiger partial charge in [0.25, 0.3) is 17.7 Å². The van der Waals surface area contributed by atoms with E-state index in [4.69, 9.17) is 14.2 Å². The van der Waals surface area contributed by atoms with Crippen LogP contribution in [0.25, 0.3) is 6.08 Å². The molecule has 230 valence electrons. The number of rotatable bonds is 11. The van der Waals surface area contributed by atoms with Crippen LogP contribution in [0.3, 0.4) is 0 Å². The zero-order valence-electron chi connectivity index (χ0n) is 24.6. The van der Waals surface area contributed by atoms with Crippen molar-refractivity contribution in [2.75, 3.05) is 30.0 Å². The molecule has 5 amide bonds. The minimum atomic E-state index is -0.906. The Kier molecular flexibility index (Phi) is 10.8. The quantitative estimate of drug-likeness (QED) is 0.166. The molecule has 0 aliphatic carbocycles. The molecule has 0 aromatic heterocycles. The van der Waals surface area contributed by atoms with E-state index in [1.54, 1.807) is 31.2 Å². The first-order valence-corrected chi connectivity index (χ1v) is 15.4. The van der Waals surface area contributed by atoms with Crippen molar-refractivity contribution < 1.29 is 33.4 Å². The molecule has 1 saturated heterocycles. The monoisotopic (exact) mass is 727 g/mol. The highest BCUT2D eigenvalue weighted by Gasteiger charge is 2.37. The maximum absolute atomic E-state index is 13.7. The van der Waals surface area contributed by atoms with E-state index in [9.17, 15) is 19.2 Å². The minimum Gasteiger partial charge on any atom is -0.490 e. The van der Waals surface area contributed by atoms with Crippen LogP contribution in [-0.2, 0) is 14.4 Å². The van der Waals surface area contributed by atoms with Crippen LogP contribution >= 0.6 is 31.9 Å². The van der Waals surface area contributed by atoms with E-state index in [-0.39, 0.29) is 23.6 Å². The van der Waals surface area contributed by atoms with Crippen LogP contribution < -0.4 is 29.7 Å². The molecule has 3 aromatic carbocycles. The van der Waals surface area contributed by atoms with Crippen molar-refractivity contribution >= 4 is 73.1 Å². The predicted molar refractivity (Wildman–Crippen MR) is 174 cm³/mol. The number of carbonyl (C=O) groups excluding carboxylic acids is 4. The van der Waals surface area contributed by atoms with E-state index in [2.05, 4.69) is 42.5 Å². The van der Waals surface area contributed by atoms with Gasteiger partial charge in [-0.05, 0) is 90.7 Å². The Morgan fingerprint density at radius 1 is 0.977 bits per heavy atom. The van der Waals surface area contributed by atoms with Gasteiger partial charge in [-0.25, -0.2) is 9.69 Å². The number of barbiturate groups is 1. The van der Waals surface area contributed by atoms with Crippen LogP contribution in [-0.4, -0.2) is 43.6 Å². The number of imide groups is 2. The fourth-order valence-electron chi connectivity index (χ4n) is 4.33. The second kappa shape index (κ2) is 14.5. The van der Waals surface area contributed by atoms with Crippen LogP contribution in [0, 0.1) is 13.8 Å². The number of carbonyl (C=O) groups is 4. The lowest BCUT2D eigenvalue weighted by Crippen LogP contribution is -2.54. The average Bonchev–Trinajstić information content (AvgIpc) is 2.96. The molecule has 0 saturated carbocycles. The number of nitrogens with one attached hydrogen (secondary N) is 2. The fraction of sp³-hybridized carbons (Fsp3) is 0.250. The number of halogens is 2. The van der Waals surface area contributed by atoms with Crippen molar-refractivity contribution in [3.63, 3.8) is 0 Å². The normalized spacial score (nSPS) is 14.0. The number of hydrogen-bond acceptors (Lipinski definition) is 7. The Bertz CT molecular complexity index is 1650. The maximum Gasteiger partial charge on any atom is 0.335 e. The zero-order valence-corrected chi connectivity index (χ0v) is 27.8. The summed E-state index contributed by atoms with van der Waals surface area (Å²) in [5.41, 5.74) is 2.83. The van der Waals surface area contributed by atoms with Gasteiger partial charge in [-0.1, -0.05) is 35.0 Å². The van der Waals surface area contributed by atoms with E-state index in [1.807, 2.05) is 32.9 Å². The summed E-state index contributed by atoms with van der Waals surface area (Å²) in [7, 11) is 0. The van der Waals surface area contributed by atoms with Gasteiger partial charge in [0.1, 0.15) is 11.3 Å². The first-order chi connectivity index (χ1) is 21.0. The summed E-state index contributed by atoms with van der Waals surface area (Å²) in [5, 5.41) is 5.06. The molecule has 0 radical (unpaired) electrons. The third kappa shape index (κ3) is 7.48. The molecular formula is C32H31Br2N3O7. The highest BCUT2D eigenvalue weighted by Crippen LogP contribution is 2.37. The van der Waals surface area contributed by atoms with E-state index in [1.165, 1.54) is 18.2 Å². The number of amides is 5. The Morgan fingerprint density at radius 3 is 2.48 bits per heavy atom. The van der Waals surface area contributed by atoms with Gasteiger partial charge >= 0.3 is 6.03 Å². The van der Waals surface area contributed by atoms with Crippen molar-refractivity contribution in [3.8, 4) is 17.2 Å². The summed E-state index contributed by atoms with van der Waals surface area (Å²) in [6.07, 6.45) is 2.10. The van der Waals surface area contributed by atoms with Crippen LogP contribution in [0.5, 0.6) is 17.2 Å². The van der Waals surface area contributed by atoms with Gasteiger partial charge in [-0.15, -0.1) is 0 Å². The SMILES string of the molecule is CCCOc1ccc(N2C(=O)NC(=O)/C(=C\c3cc(Br)cc(Br)c3OCC(=O)Nc3cccc(C)c3C)C2=O)cc1OCC. The lowest BCUT2D eigenvalue weighted by atomic mass is 10.1. The zero-order chi connectivity index (χ0) is 32.0. The number of benzene rings is 3. The molecule has 4 rings (SSSR count). The molecule has 0 bridgehead atoms. The van der Waals surface area contributed by atoms with E-state index in [0.29, 0.717) is 44.9 Å². The number of nitrogens with zero attached hydrogens (tertiary/aromatic N) is 1. The average molecular weight is 729 g/mol. The first kappa shape index (κ1) is 32.7. The van der Waals surface area contributed by atoms with Crippen LogP contribution in [0.1, 0.15) is 37.0 Å². The van der Waals surface area contributed by atoms with Crippen molar-refractivity contribution in [2.45, 2.75) is 34.1 Å². The van der Waals surface area contributed by atoms with Gasteiger partial charge in [-0.2, -0.15) is 0 Å². The van der Waals surface area contributed by atoms with Crippen LogP contribution in [0.2, 0.25) is 0 Å². The molecule has 0 spiro atoms. The Labute approximate surface area is 272 Å². The Balaban J connectivity index is 1.64. The summed E-state index contributed by atoms with van der Waals surface area (Å²) in [6, 6.07) is 12.7. The van der Waals surface area contributed by atoms with Gasteiger partial charge < -0.3 is 19.5 Å². The number of aryl methyl sites for hydroxylation is 1. The summed E-state index contributed by atoms with van der Waals surface area (Å²) in [6.45, 7) is 8.08. The molecule has 12 heteroatoms. The lowest BCUT2D eigenvalue weighted by molar-refractivity contribution is -0.122. The molecule has 44 heavy (non-hydrogen) atoms. The number of urea groups is 1. The van der Waals surface area contributed by atoms with Crippen LogP contribution in [0.4, 0.5) is 16.2 Å². The van der Waals surface area contributed by atoms with Gasteiger partial charge in [0, 0.05) is 21.8 Å². The molecule has 1 fully saturated rings. The van der Waals surface area contributed by atoms with Crippen molar-refractivity contribution in [1.29, 1.82) is 0 Å². The third-order valence-electron chi connectivity index (χ3n) is 6.61. The fourth-order valence-corrected chi connectivity index (χ4v) is 5.71. The maximum atomic E-state index is 13.7. The Morgan fingerprint density at radius 2 is 1.75 bits per heavy atom. The second-order valence-electron chi connectivity index (χ2n) is 9.76. The molecule has 1 heterocycles. The first-order valence-electron chi connectivity index (χ1n) is 13.8. The number of anilines is 2. The summed E-state index contributed by atoms with van der Waals surface area (Å²) < 4.78 is 18.4. The number of ether oxygens (including phenoxy) is 3. The van der Waals surface area contributed by atoms with Gasteiger partial charge in [-0.3, -0.25) is 19.7 Å². The summed E-state index contributed by atoms with van der Waals surface area (Å²) >= 11 is 6.86. The molecular weight excluding hydrogens is 698 g/mol. The van der Waals surface area contributed by atoms with Gasteiger partial charge in [0.15, 0.2) is 18.1 Å². The van der Waals surface area contributed by atoms with E-state index in [0.717, 1.165) is 22.4 Å². The second-order valence-corrected chi connectivity index (χ2v) is 11.5. The molecule has 0 atom stereocenters. The minimum absolute atomic E-state index is 0.188. The molecule has 2 N–H and O–H groups in total. The standard InChI is InChI=1S/C32H31Br2N3O7/c1-5-12-43-26-11-10-22(16-27(26)42-6-2)37-31(40)23(30(39)36-32(37)41)14-20-13-21(33)15-24(34)29(20)44-17-28(38)35-25-9-7-8-18(3)19(25)4/h7-11,13-16H,5-6,12,17H2,1-4H3,(H,35,38)(H,36,39,41)/b23-14+. The van der Waals surface area contributed by atoms with Crippen molar-refractivity contribution in [1.82, 2.24) is 5.32 Å². The third-order valence-corrected chi connectivity index (χ3v) is 7.66. The smallest absolute Gasteiger partial charge is 0.335 e. The topological polar surface area (TPSA) is 123 Å². The predicted octanol–water partition coefficient (Wildman–Crippen LogP) is 6.70. The van der Waals surface area contributed by atoms with E-state index < -0.39 is 23.8 Å². The van der Waals surface area contributed by atoms with Crippen molar-refractivity contribution in [3.05, 3.63) is 79.7 Å². The molecule has 1 aliphatic heterocycles. The molecule has 3 aromatic rings. The lowest BCUT2D eigenvalue weighted by Gasteiger charge is -2.27.